The first-order valence-corrected chi connectivity index (χ1v) is 13.8. The smallest absolute Gasteiger partial charge is 0.229 e. The Bertz CT molecular complexity index is 1410. The van der Waals surface area contributed by atoms with Crippen molar-refractivity contribution in [3.8, 4) is 11.8 Å². The van der Waals surface area contributed by atoms with Crippen LogP contribution in [0.4, 0.5) is 21.5 Å². The van der Waals surface area contributed by atoms with Gasteiger partial charge in [-0.2, -0.15) is 5.26 Å². The number of pyridine rings is 1. The Balaban J connectivity index is 2.05. The van der Waals surface area contributed by atoms with Crippen LogP contribution in [0.5, 0.6) is 5.75 Å². The minimum atomic E-state index is -0.634. The number of fused-ring (bicyclic) bond motifs is 1. The molecule has 0 atom stereocenters. The molecule has 12 heteroatoms. The average molecular weight is 575 g/mol. The highest BCUT2D eigenvalue weighted by atomic mass is 35.5. The first kappa shape index (κ1) is 29.2. The van der Waals surface area contributed by atoms with Gasteiger partial charge >= 0.3 is 0 Å². The molecule has 38 heavy (non-hydrogen) atoms. The Morgan fingerprint density at radius 2 is 1.84 bits per heavy atom. The number of nitriles is 1. The van der Waals surface area contributed by atoms with E-state index < -0.39 is 17.6 Å². The fourth-order valence-electron chi connectivity index (χ4n) is 3.40. The first-order chi connectivity index (χ1) is 18.1. The molecule has 3 rings (SSSR count). The number of hydrogen-bond acceptors (Lipinski definition) is 9. The van der Waals surface area contributed by atoms with Crippen molar-refractivity contribution >= 4 is 79.2 Å². The second kappa shape index (κ2) is 13.5. The maximum atomic E-state index is 13.7. The van der Waals surface area contributed by atoms with Crippen LogP contribution in [-0.4, -0.2) is 39.2 Å². The van der Waals surface area contributed by atoms with Gasteiger partial charge in [-0.15, -0.1) is 0 Å². The minimum absolute atomic E-state index is 0.0867. The van der Waals surface area contributed by atoms with Crippen molar-refractivity contribution in [2.75, 3.05) is 28.7 Å². The predicted octanol–water partition coefficient (Wildman–Crippen LogP) is 6.16. The van der Waals surface area contributed by atoms with Crippen LogP contribution in [0.15, 0.2) is 36.5 Å². The molecule has 2 aromatic carbocycles. The fraction of sp³-hybridized carbons (Fsp3) is 0.269. The highest BCUT2D eigenvalue weighted by molar-refractivity contribution is 8.14. The van der Waals surface area contributed by atoms with Gasteiger partial charge < -0.3 is 15.4 Å². The third-order valence-corrected chi connectivity index (χ3v) is 7.42. The summed E-state index contributed by atoms with van der Waals surface area (Å²) in [6, 6.07) is 9.44. The van der Waals surface area contributed by atoms with E-state index >= 15 is 0 Å². The monoisotopic (exact) mass is 574 g/mol. The predicted molar refractivity (Wildman–Crippen MR) is 151 cm³/mol. The Morgan fingerprint density at radius 3 is 2.42 bits per heavy atom. The average Bonchev–Trinajstić information content (AvgIpc) is 2.86. The van der Waals surface area contributed by atoms with Gasteiger partial charge in [-0.25, -0.2) is 4.39 Å². The molecule has 3 aromatic rings. The van der Waals surface area contributed by atoms with E-state index in [0.29, 0.717) is 40.3 Å². The second-order valence-electron chi connectivity index (χ2n) is 8.00. The number of nitrogens with zero attached hydrogens (tertiary/aromatic N) is 2. The van der Waals surface area contributed by atoms with Crippen molar-refractivity contribution in [3.63, 3.8) is 0 Å². The van der Waals surface area contributed by atoms with Gasteiger partial charge in [0.15, 0.2) is 10.2 Å². The molecule has 0 bridgehead atoms. The lowest BCUT2D eigenvalue weighted by Gasteiger charge is -2.19. The second-order valence-corrected chi connectivity index (χ2v) is 10.8. The number of aromatic nitrogens is 1. The standard InChI is InChI=1S/C26H24ClFN4O4S2/c1-4-36-24-9-22-19(8-23(24)32-26(35)17(12-37-14(2)33)13-38-15(3)34)25(16(10-29)11-30-22)31-18-5-6-21(28)20(27)7-18/h5-9,11,17H,4,12-13H2,1-3H3,(H,30,31)(H,32,35). The number of anilines is 3. The number of thioether (sulfide) groups is 2. The number of nitrogens with one attached hydrogen (secondary N) is 2. The topological polar surface area (TPSA) is 121 Å². The lowest BCUT2D eigenvalue weighted by Crippen LogP contribution is -2.27. The summed E-state index contributed by atoms with van der Waals surface area (Å²) in [5.41, 5.74) is 1.86. The van der Waals surface area contributed by atoms with Crippen molar-refractivity contribution in [1.82, 2.24) is 4.98 Å². The van der Waals surface area contributed by atoms with E-state index in [2.05, 4.69) is 21.7 Å². The summed E-state index contributed by atoms with van der Waals surface area (Å²) in [5.74, 6) is -0.834. The molecule has 1 amide bonds. The summed E-state index contributed by atoms with van der Waals surface area (Å²) >= 11 is 7.95. The van der Waals surface area contributed by atoms with Gasteiger partial charge in [0.05, 0.1) is 40.0 Å². The minimum Gasteiger partial charge on any atom is -0.492 e. The molecule has 0 saturated heterocycles. The number of hydrogen-bond donors (Lipinski definition) is 2. The molecule has 198 valence electrons. The van der Waals surface area contributed by atoms with E-state index in [1.165, 1.54) is 38.2 Å². The molecule has 0 aliphatic carbocycles. The Morgan fingerprint density at radius 1 is 1.16 bits per heavy atom. The normalized spacial score (nSPS) is 10.8. The van der Waals surface area contributed by atoms with Crippen molar-refractivity contribution in [2.24, 2.45) is 5.92 Å². The largest absolute Gasteiger partial charge is 0.492 e. The van der Waals surface area contributed by atoms with E-state index in [4.69, 9.17) is 16.3 Å². The van der Waals surface area contributed by atoms with E-state index in [0.717, 1.165) is 23.5 Å². The summed E-state index contributed by atoms with van der Waals surface area (Å²) in [4.78, 5) is 40.6. The number of amides is 1. The lowest BCUT2D eigenvalue weighted by atomic mass is 10.1. The summed E-state index contributed by atoms with van der Waals surface area (Å²) in [5, 5.41) is 15.8. The number of rotatable bonds is 10. The van der Waals surface area contributed by atoms with Crippen molar-refractivity contribution in [1.29, 1.82) is 5.26 Å². The summed E-state index contributed by atoms with van der Waals surface area (Å²) in [7, 11) is 0. The molecule has 1 aromatic heterocycles. The first-order valence-electron chi connectivity index (χ1n) is 11.4. The molecule has 0 radical (unpaired) electrons. The third kappa shape index (κ3) is 7.60. The molecule has 0 unspecified atom stereocenters. The van der Waals surface area contributed by atoms with Crippen molar-refractivity contribution in [2.45, 2.75) is 20.8 Å². The Kier molecular flexibility index (Phi) is 10.4. The van der Waals surface area contributed by atoms with E-state index in [9.17, 15) is 24.0 Å². The zero-order valence-corrected chi connectivity index (χ0v) is 23.2. The van der Waals surface area contributed by atoms with Crippen LogP contribution in [0.1, 0.15) is 26.3 Å². The molecular weight excluding hydrogens is 551 g/mol. The summed E-state index contributed by atoms with van der Waals surface area (Å²) in [6.45, 7) is 4.94. The van der Waals surface area contributed by atoms with E-state index in [1.54, 1.807) is 19.1 Å². The van der Waals surface area contributed by atoms with Gasteiger partial charge in [0.25, 0.3) is 0 Å². The van der Waals surface area contributed by atoms with Crippen LogP contribution in [0, 0.1) is 23.1 Å². The van der Waals surface area contributed by atoms with Gasteiger partial charge in [0.2, 0.25) is 5.91 Å². The number of benzene rings is 2. The highest BCUT2D eigenvalue weighted by Gasteiger charge is 2.23. The molecule has 1 heterocycles. The van der Waals surface area contributed by atoms with Gasteiger partial charge in [0, 0.05) is 48.7 Å². The highest BCUT2D eigenvalue weighted by Crippen LogP contribution is 2.37. The summed E-state index contributed by atoms with van der Waals surface area (Å²) < 4.78 is 19.4. The van der Waals surface area contributed by atoms with Crippen molar-refractivity contribution < 1.29 is 23.5 Å². The zero-order chi connectivity index (χ0) is 27.8. The molecule has 0 aliphatic rings. The number of carbonyl (C=O) groups excluding carboxylic acids is 3. The van der Waals surface area contributed by atoms with Gasteiger partial charge in [0.1, 0.15) is 17.6 Å². The van der Waals surface area contributed by atoms with Crippen LogP contribution in [0.3, 0.4) is 0 Å². The zero-order valence-electron chi connectivity index (χ0n) is 20.8. The number of halogens is 2. The molecule has 2 N–H and O–H groups in total. The fourth-order valence-corrected chi connectivity index (χ4v) is 5.14. The van der Waals surface area contributed by atoms with Crippen LogP contribution in [-0.2, 0) is 14.4 Å². The van der Waals surface area contributed by atoms with Crippen LogP contribution >= 0.6 is 35.1 Å². The van der Waals surface area contributed by atoms with Gasteiger partial charge in [-0.1, -0.05) is 35.1 Å². The Labute approximate surface area is 232 Å². The molecular formula is C26H24ClFN4O4S2. The van der Waals surface area contributed by atoms with Crippen LogP contribution in [0.25, 0.3) is 10.9 Å². The Hall–Kier alpha value is -3.33. The molecule has 0 spiro atoms. The van der Waals surface area contributed by atoms with Gasteiger partial charge in [-0.3, -0.25) is 19.4 Å². The quantitative estimate of drug-likeness (QED) is 0.293. The van der Waals surface area contributed by atoms with Crippen LogP contribution < -0.4 is 15.4 Å². The van der Waals surface area contributed by atoms with E-state index in [1.807, 2.05) is 0 Å². The van der Waals surface area contributed by atoms with Crippen molar-refractivity contribution in [3.05, 3.63) is 52.9 Å². The lowest BCUT2D eigenvalue weighted by molar-refractivity contribution is -0.118. The summed E-state index contributed by atoms with van der Waals surface area (Å²) in [6.07, 6.45) is 1.40. The molecule has 0 saturated carbocycles. The number of carbonyl (C=O) groups is 3. The van der Waals surface area contributed by atoms with E-state index in [-0.39, 0.29) is 32.3 Å². The maximum absolute atomic E-state index is 13.7. The maximum Gasteiger partial charge on any atom is 0.229 e. The molecule has 8 nitrogen and oxygen atoms in total. The third-order valence-electron chi connectivity index (χ3n) is 5.18. The van der Waals surface area contributed by atoms with Crippen LogP contribution in [0.2, 0.25) is 5.02 Å². The SMILES string of the molecule is CCOc1cc2ncc(C#N)c(Nc3ccc(F)c(Cl)c3)c2cc1NC(=O)C(CSC(C)=O)CSC(C)=O. The molecule has 0 aliphatic heterocycles. The van der Waals surface area contributed by atoms with Gasteiger partial charge in [-0.05, 0) is 31.2 Å². The molecule has 0 fully saturated rings. The number of ether oxygens (including phenoxy) is 1.